The van der Waals surface area contributed by atoms with E-state index in [1.807, 2.05) is 6.92 Å². The maximum absolute atomic E-state index is 11.7. The number of anilines is 1. The molecule has 1 rings (SSSR count). The Labute approximate surface area is 128 Å². The fourth-order valence-corrected chi connectivity index (χ4v) is 1.63. The molecule has 0 bridgehead atoms. The first kappa shape index (κ1) is 18.5. The summed E-state index contributed by atoms with van der Waals surface area (Å²) in [6.45, 7) is 2.34. The predicted molar refractivity (Wildman–Crippen MR) is 80.3 cm³/mol. The average Bonchev–Trinajstić information content (AvgIpc) is 2.32. The Morgan fingerprint density at radius 3 is 2.60 bits per heavy atom. The van der Waals surface area contributed by atoms with Gasteiger partial charge in [0.25, 0.3) is 0 Å². The molecular formula is C12H17Cl2N3O3. The molecule has 0 aliphatic heterocycles. The molecule has 6 nitrogen and oxygen atoms in total. The molecule has 1 aromatic rings. The number of carbonyl (C=O) groups is 2. The molecule has 0 aliphatic rings. The van der Waals surface area contributed by atoms with Gasteiger partial charge < -0.3 is 21.5 Å². The first-order valence-corrected chi connectivity index (χ1v) is 6.09. The molecule has 0 aliphatic carbocycles. The summed E-state index contributed by atoms with van der Waals surface area (Å²) in [4.78, 5) is 22.3. The number of amides is 2. The lowest BCUT2D eigenvalue weighted by Gasteiger charge is -2.12. The van der Waals surface area contributed by atoms with E-state index in [4.69, 9.17) is 27.8 Å². The molecule has 0 radical (unpaired) electrons. The highest BCUT2D eigenvalue weighted by Gasteiger charge is 2.16. The topological polar surface area (TPSA) is 107 Å². The minimum Gasteiger partial charge on any atom is -0.492 e. The average molecular weight is 322 g/mol. The number of nitrogens with two attached hydrogens (primary N) is 2. The fraction of sp³-hybridized carbons (Fsp3) is 0.333. The van der Waals surface area contributed by atoms with Crippen molar-refractivity contribution in [2.75, 3.05) is 11.9 Å². The summed E-state index contributed by atoms with van der Waals surface area (Å²) < 4.78 is 5.27. The minimum atomic E-state index is -0.983. The molecule has 0 heterocycles. The standard InChI is InChI=1S/C12H16ClN3O3.ClH/c1-2-19-10-4-3-7(5-8(10)13)16-12(18)9(14)6-11(15)17;/h3-5,9H,2,6,14H2,1H3,(H2,15,17)(H,16,18);1H. The second kappa shape index (κ2) is 8.63. The van der Waals surface area contributed by atoms with Crippen LogP contribution in [0.2, 0.25) is 5.02 Å². The van der Waals surface area contributed by atoms with Crippen LogP contribution in [0, 0.1) is 0 Å². The molecule has 1 atom stereocenters. The maximum atomic E-state index is 11.7. The largest absolute Gasteiger partial charge is 0.492 e. The van der Waals surface area contributed by atoms with Gasteiger partial charge in [0.15, 0.2) is 0 Å². The zero-order valence-corrected chi connectivity index (χ0v) is 12.5. The third kappa shape index (κ3) is 5.64. The third-order valence-electron chi connectivity index (χ3n) is 2.26. The molecule has 0 fully saturated rings. The second-order valence-electron chi connectivity index (χ2n) is 3.84. The fourth-order valence-electron chi connectivity index (χ4n) is 1.40. The molecule has 20 heavy (non-hydrogen) atoms. The van der Waals surface area contributed by atoms with Gasteiger partial charge >= 0.3 is 0 Å². The van der Waals surface area contributed by atoms with E-state index >= 15 is 0 Å². The van der Waals surface area contributed by atoms with Crippen LogP contribution < -0.4 is 21.5 Å². The number of rotatable bonds is 6. The Morgan fingerprint density at radius 1 is 1.45 bits per heavy atom. The second-order valence-corrected chi connectivity index (χ2v) is 4.25. The van der Waals surface area contributed by atoms with E-state index < -0.39 is 17.9 Å². The number of hydrogen-bond donors (Lipinski definition) is 3. The lowest BCUT2D eigenvalue weighted by atomic mass is 10.2. The smallest absolute Gasteiger partial charge is 0.241 e. The normalized spacial score (nSPS) is 11.2. The Bertz CT molecular complexity index is 483. The van der Waals surface area contributed by atoms with Gasteiger partial charge in [0, 0.05) is 5.69 Å². The molecule has 1 aromatic carbocycles. The number of ether oxygens (including phenoxy) is 1. The summed E-state index contributed by atoms with van der Waals surface area (Å²) in [6, 6.07) is 3.83. The van der Waals surface area contributed by atoms with Crippen LogP contribution >= 0.6 is 24.0 Å². The molecule has 5 N–H and O–H groups in total. The van der Waals surface area contributed by atoms with Crippen molar-refractivity contribution in [1.82, 2.24) is 0 Å². The van der Waals surface area contributed by atoms with Crippen LogP contribution in [0.3, 0.4) is 0 Å². The van der Waals surface area contributed by atoms with E-state index in [0.717, 1.165) is 0 Å². The molecule has 0 saturated heterocycles. The summed E-state index contributed by atoms with van der Waals surface area (Å²) in [5, 5.41) is 2.92. The Balaban J connectivity index is 0.00000361. The monoisotopic (exact) mass is 321 g/mol. The first-order chi connectivity index (χ1) is 8.93. The van der Waals surface area contributed by atoms with Gasteiger partial charge in [-0.1, -0.05) is 11.6 Å². The zero-order chi connectivity index (χ0) is 14.4. The van der Waals surface area contributed by atoms with Crippen molar-refractivity contribution in [3.05, 3.63) is 23.2 Å². The Morgan fingerprint density at radius 2 is 2.10 bits per heavy atom. The van der Waals surface area contributed by atoms with Gasteiger partial charge in [0.1, 0.15) is 5.75 Å². The number of halogens is 2. The van der Waals surface area contributed by atoms with Gasteiger partial charge in [-0.25, -0.2) is 0 Å². The van der Waals surface area contributed by atoms with Gasteiger partial charge in [-0.05, 0) is 25.1 Å². The van der Waals surface area contributed by atoms with Crippen molar-refractivity contribution < 1.29 is 14.3 Å². The van der Waals surface area contributed by atoms with Crippen molar-refractivity contribution in [2.24, 2.45) is 11.5 Å². The van der Waals surface area contributed by atoms with E-state index in [-0.39, 0.29) is 18.8 Å². The SMILES string of the molecule is CCOc1ccc(NC(=O)C(N)CC(N)=O)cc1Cl.Cl. The molecule has 2 amide bonds. The van der Waals surface area contributed by atoms with Crippen LogP contribution in [0.4, 0.5) is 5.69 Å². The van der Waals surface area contributed by atoms with Crippen molar-refractivity contribution in [3.8, 4) is 5.75 Å². The summed E-state index contributed by atoms with van der Waals surface area (Å²) in [5.41, 5.74) is 10.9. The summed E-state index contributed by atoms with van der Waals surface area (Å²) >= 11 is 5.97. The highest BCUT2D eigenvalue weighted by molar-refractivity contribution is 6.32. The van der Waals surface area contributed by atoms with Crippen LogP contribution in [0.15, 0.2) is 18.2 Å². The van der Waals surface area contributed by atoms with E-state index in [9.17, 15) is 9.59 Å². The number of nitrogens with one attached hydrogen (secondary N) is 1. The van der Waals surface area contributed by atoms with Crippen molar-refractivity contribution >= 4 is 41.5 Å². The third-order valence-corrected chi connectivity index (χ3v) is 2.55. The molecule has 0 aromatic heterocycles. The first-order valence-electron chi connectivity index (χ1n) is 5.71. The van der Waals surface area contributed by atoms with Crippen LogP contribution in [0.25, 0.3) is 0 Å². The molecule has 0 spiro atoms. The minimum absolute atomic E-state index is 0. The highest BCUT2D eigenvalue weighted by Crippen LogP contribution is 2.27. The van der Waals surface area contributed by atoms with E-state index in [1.165, 1.54) is 0 Å². The van der Waals surface area contributed by atoms with E-state index in [2.05, 4.69) is 5.32 Å². The number of benzene rings is 1. The summed E-state index contributed by atoms with van der Waals surface area (Å²) in [5.74, 6) is -0.602. The van der Waals surface area contributed by atoms with Crippen LogP contribution in [0.5, 0.6) is 5.75 Å². The van der Waals surface area contributed by atoms with Crippen LogP contribution in [-0.4, -0.2) is 24.5 Å². The van der Waals surface area contributed by atoms with Gasteiger partial charge in [-0.3, -0.25) is 9.59 Å². The Hall–Kier alpha value is -1.50. The van der Waals surface area contributed by atoms with Crippen LogP contribution in [-0.2, 0) is 9.59 Å². The quantitative estimate of drug-likeness (QED) is 0.733. The predicted octanol–water partition coefficient (Wildman–Crippen LogP) is 1.30. The van der Waals surface area contributed by atoms with Gasteiger partial charge in [0.05, 0.1) is 24.1 Å². The lowest BCUT2D eigenvalue weighted by Crippen LogP contribution is -2.38. The van der Waals surface area contributed by atoms with Gasteiger partial charge in [0.2, 0.25) is 11.8 Å². The van der Waals surface area contributed by atoms with Gasteiger partial charge in [-0.2, -0.15) is 0 Å². The highest BCUT2D eigenvalue weighted by atomic mass is 35.5. The maximum Gasteiger partial charge on any atom is 0.241 e. The number of primary amides is 1. The van der Waals surface area contributed by atoms with E-state index in [0.29, 0.717) is 23.1 Å². The Kier molecular flexibility index (Phi) is 7.98. The van der Waals surface area contributed by atoms with Gasteiger partial charge in [-0.15, -0.1) is 12.4 Å². The summed E-state index contributed by atoms with van der Waals surface area (Å²) in [7, 11) is 0. The molecular weight excluding hydrogens is 305 g/mol. The van der Waals surface area contributed by atoms with Crippen LogP contribution in [0.1, 0.15) is 13.3 Å². The number of hydrogen-bond acceptors (Lipinski definition) is 4. The van der Waals surface area contributed by atoms with Crippen molar-refractivity contribution in [1.29, 1.82) is 0 Å². The van der Waals surface area contributed by atoms with Crippen molar-refractivity contribution in [2.45, 2.75) is 19.4 Å². The zero-order valence-electron chi connectivity index (χ0n) is 10.9. The van der Waals surface area contributed by atoms with Crippen molar-refractivity contribution in [3.63, 3.8) is 0 Å². The summed E-state index contributed by atoms with van der Waals surface area (Å²) in [6.07, 6.45) is -0.212. The molecule has 1 unspecified atom stereocenters. The lowest BCUT2D eigenvalue weighted by molar-refractivity contribution is -0.123. The molecule has 112 valence electrons. The molecule has 8 heteroatoms. The molecule has 0 saturated carbocycles. The van der Waals surface area contributed by atoms with E-state index in [1.54, 1.807) is 18.2 Å². The number of carbonyl (C=O) groups excluding carboxylic acids is 2.